The van der Waals surface area contributed by atoms with Crippen LogP contribution in [0.25, 0.3) is 0 Å². The quantitative estimate of drug-likeness (QED) is 0.605. The molecule has 2 atom stereocenters. The van der Waals surface area contributed by atoms with Gasteiger partial charge >= 0.3 is 0 Å². The SMILES string of the molecule is CCNC(=NCc1ccc(OC)cc1OC)N1CCOC(C2CCCO2)C1. The summed E-state index contributed by atoms with van der Waals surface area (Å²) in [6.45, 7) is 6.61. The summed E-state index contributed by atoms with van der Waals surface area (Å²) in [6, 6.07) is 5.82. The summed E-state index contributed by atoms with van der Waals surface area (Å²) in [5.41, 5.74) is 1.03. The van der Waals surface area contributed by atoms with Crippen molar-refractivity contribution in [2.24, 2.45) is 4.99 Å². The van der Waals surface area contributed by atoms with E-state index in [1.54, 1.807) is 14.2 Å². The summed E-state index contributed by atoms with van der Waals surface area (Å²) < 4.78 is 22.5. The van der Waals surface area contributed by atoms with E-state index >= 15 is 0 Å². The Balaban J connectivity index is 1.70. The van der Waals surface area contributed by atoms with Crippen LogP contribution in [0, 0.1) is 0 Å². The number of ether oxygens (including phenoxy) is 4. The fourth-order valence-corrected chi connectivity index (χ4v) is 3.56. The summed E-state index contributed by atoms with van der Waals surface area (Å²) in [4.78, 5) is 7.12. The summed E-state index contributed by atoms with van der Waals surface area (Å²) >= 11 is 0. The minimum absolute atomic E-state index is 0.112. The number of benzene rings is 1. The van der Waals surface area contributed by atoms with E-state index in [4.69, 9.17) is 23.9 Å². The molecule has 2 heterocycles. The predicted molar refractivity (Wildman–Crippen MR) is 105 cm³/mol. The zero-order chi connectivity index (χ0) is 19.1. The van der Waals surface area contributed by atoms with Crippen molar-refractivity contribution in [2.75, 3.05) is 47.1 Å². The number of nitrogens with one attached hydrogen (secondary N) is 1. The molecule has 2 saturated heterocycles. The first kappa shape index (κ1) is 19.8. The highest BCUT2D eigenvalue weighted by Crippen LogP contribution is 2.25. The number of hydrogen-bond donors (Lipinski definition) is 1. The Labute approximate surface area is 161 Å². The molecule has 0 aliphatic carbocycles. The second-order valence-electron chi connectivity index (χ2n) is 6.75. The van der Waals surface area contributed by atoms with E-state index in [9.17, 15) is 0 Å². The molecule has 2 unspecified atom stereocenters. The van der Waals surface area contributed by atoms with Crippen molar-refractivity contribution >= 4 is 5.96 Å². The number of hydrogen-bond acceptors (Lipinski definition) is 5. The predicted octanol–water partition coefficient (Wildman–Crippen LogP) is 2.05. The zero-order valence-electron chi connectivity index (χ0n) is 16.6. The molecular formula is C20H31N3O4. The van der Waals surface area contributed by atoms with Gasteiger partial charge in [-0.05, 0) is 31.9 Å². The fraction of sp³-hybridized carbons (Fsp3) is 0.650. The van der Waals surface area contributed by atoms with E-state index in [1.165, 1.54) is 0 Å². The van der Waals surface area contributed by atoms with Gasteiger partial charge in [-0.15, -0.1) is 0 Å². The molecule has 7 heteroatoms. The lowest BCUT2D eigenvalue weighted by atomic mass is 10.1. The monoisotopic (exact) mass is 377 g/mol. The first-order valence-electron chi connectivity index (χ1n) is 9.72. The van der Waals surface area contributed by atoms with Crippen molar-refractivity contribution in [2.45, 2.75) is 38.5 Å². The maximum Gasteiger partial charge on any atom is 0.194 e. The van der Waals surface area contributed by atoms with Gasteiger partial charge in [-0.1, -0.05) is 0 Å². The van der Waals surface area contributed by atoms with E-state index in [-0.39, 0.29) is 12.2 Å². The summed E-state index contributed by atoms with van der Waals surface area (Å²) in [7, 11) is 3.32. The minimum atomic E-state index is 0.112. The van der Waals surface area contributed by atoms with Gasteiger partial charge in [0.2, 0.25) is 0 Å². The number of methoxy groups -OCH3 is 2. The molecule has 0 radical (unpaired) electrons. The zero-order valence-corrected chi connectivity index (χ0v) is 16.6. The standard InChI is InChI=1S/C20H31N3O4/c1-4-21-20(22-13-15-7-8-16(24-2)12-18(15)25-3)23-9-11-27-19(14-23)17-6-5-10-26-17/h7-8,12,17,19H,4-6,9-11,13-14H2,1-3H3,(H,21,22). The molecule has 1 N–H and O–H groups in total. The van der Waals surface area contributed by atoms with E-state index in [0.29, 0.717) is 13.2 Å². The number of nitrogens with zero attached hydrogens (tertiary/aromatic N) is 2. The Hall–Kier alpha value is -1.99. The van der Waals surface area contributed by atoms with E-state index in [1.807, 2.05) is 18.2 Å². The fourth-order valence-electron chi connectivity index (χ4n) is 3.56. The van der Waals surface area contributed by atoms with Gasteiger partial charge < -0.3 is 29.2 Å². The van der Waals surface area contributed by atoms with Crippen molar-refractivity contribution in [3.63, 3.8) is 0 Å². The van der Waals surface area contributed by atoms with Crippen molar-refractivity contribution in [3.8, 4) is 11.5 Å². The topological polar surface area (TPSA) is 64.6 Å². The molecule has 7 nitrogen and oxygen atoms in total. The molecule has 2 aliphatic heterocycles. The highest BCUT2D eigenvalue weighted by atomic mass is 16.5. The smallest absolute Gasteiger partial charge is 0.194 e. The van der Waals surface area contributed by atoms with Crippen LogP contribution >= 0.6 is 0 Å². The Morgan fingerprint density at radius 3 is 2.78 bits per heavy atom. The first-order chi connectivity index (χ1) is 13.2. The largest absolute Gasteiger partial charge is 0.497 e. The van der Waals surface area contributed by atoms with E-state index < -0.39 is 0 Å². The maximum atomic E-state index is 5.96. The molecule has 1 aromatic carbocycles. The Morgan fingerprint density at radius 2 is 2.07 bits per heavy atom. The minimum Gasteiger partial charge on any atom is -0.497 e. The van der Waals surface area contributed by atoms with Crippen LogP contribution in [0.4, 0.5) is 0 Å². The van der Waals surface area contributed by atoms with Crippen LogP contribution in [-0.2, 0) is 16.0 Å². The molecule has 3 rings (SSSR count). The average Bonchev–Trinajstić information content (AvgIpc) is 3.26. The third-order valence-electron chi connectivity index (χ3n) is 5.00. The number of rotatable bonds is 6. The van der Waals surface area contributed by atoms with Crippen LogP contribution in [0.2, 0.25) is 0 Å². The first-order valence-corrected chi connectivity index (χ1v) is 9.72. The molecular weight excluding hydrogens is 346 g/mol. The molecule has 0 bridgehead atoms. The van der Waals surface area contributed by atoms with Crippen molar-refractivity contribution in [1.29, 1.82) is 0 Å². The second-order valence-corrected chi connectivity index (χ2v) is 6.75. The lowest BCUT2D eigenvalue weighted by Gasteiger charge is -2.37. The normalized spacial score (nSPS) is 23.4. The molecule has 1 aromatic rings. The average molecular weight is 377 g/mol. The van der Waals surface area contributed by atoms with Crippen LogP contribution in [0.15, 0.2) is 23.2 Å². The summed E-state index contributed by atoms with van der Waals surface area (Å²) in [5, 5.41) is 3.41. The highest BCUT2D eigenvalue weighted by Gasteiger charge is 2.32. The van der Waals surface area contributed by atoms with Gasteiger partial charge in [0.05, 0.1) is 33.5 Å². The summed E-state index contributed by atoms with van der Waals surface area (Å²) in [5.74, 6) is 2.47. The highest BCUT2D eigenvalue weighted by molar-refractivity contribution is 5.80. The van der Waals surface area contributed by atoms with Crippen molar-refractivity contribution in [3.05, 3.63) is 23.8 Å². The number of guanidine groups is 1. The van der Waals surface area contributed by atoms with Gasteiger partial charge in [0.25, 0.3) is 0 Å². The number of morpholine rings is 1. The van der Waals surface area contributed by atoms with Gasteiger partial charge in [0.15, 0.2) is 5.96 Å². The second kappa shape index (κ2) is 9.80. The molecule has 2 fully saturated rings. The molecule has 2 aliphatic rings. The van der Waals surface area contributed by atoms with Crippen LogP contribution in [0.5, 0.6) is 11.5 Å². The lowest BCUT2D eigenvalue weighted by Crippen LogP contribution is -2.53. The van der Waals surface area contributed by atoms with Gasteiger partial charge in [-0.2, -0.15) is 0 Å². The van der Waals surface area contributed by atoms with E-state index in [2.05, 4.69) is 17.1 Å². The van der Waals surface area contributed by atoms with Crippen LogP contribution in [0.3, 0.4) is 0 Å². The van der Waals surface area contributed by atoms with Crippen LogP contribution in [0.1, 0.15) is 25.3 Å². The van der Waals surface area contributed by atoms with Crippen LogP contribution in [-0.4, -0.2) is 70.1 Å². The third-order valence-corrected chi connectivity index (χ3v) is 5.00. The molecule has 0 aromatic heterocycles. The molecule has 0 spiro atoms. The third kappa shape index (κ3) is 5.05. The van der Waals surface area contributed by atoms with Gasteiger partial charge in [-0.25, -0.2) is 4.99 Å². The van der Waals surface area contributed by atoms with Crippen molar-refractivity contribution in [1.82, 2.24) is 10.2 Å². The van der Waals surface area contributed by atoms with Gasteiger partial charge in [-0.3, -0.25) is 0 Å². The van der Waals surface area contributed by atoms with Gasteiger partial charge in [0, 0.05) is 37.9 Å². The van der Waals surface area contributed by atoms with Crippen molar-refractivity contribution < 1.29 is 18.9 Å². The Bertz CT molecular complexity index is 632. The molecule has 0 amide bonds. The van der Waals surface area contributed by atoms with Gasteiger partial charge in [0.1, 0.15) is 17.6 Å². The van der Waals surface area contributed by atoms with E-state index in [0.717, 1.165) is 62.1 Å². The lowest BCUT2D eigenvalue weighted by molar-refractivity contribution is -0.0817. The number of aliphatic imine (C=N–C) groups is 1. The summed E-state index contributed by atoms with van der Waals surface area (Å²) in [6.07, 6.45) is 2.52. The molecule has 27 heavy (non-hydrogen) atoms. The van der Waals surface area contributed by atoms with Crippen LogP contribution < -0.4 is 14.8 Å². The maximum absolute atomic E-state index is 5.96. The molecule has 0 saturated carbocycles. The molecule has 150 valence electrons. The Morgan fingerprint density at radius 1 is 1.22 bits per heavy atom. The Kier molecular flexibility index (Phi) is 7.18.